The van der Waals surface area contributed by atoms with Gasteiger partial charge in [0.15, 0.2) is 6.29 Å². The molecule has 0 unspecified atom stereocenters. The summed E-state index contributed by atoms with van der Waals surface area (Å²) < 4.78 is 6.42. The third-order valence-corrected chi connectivity index (χ3v) is 3.82. The van der Waals surface area contributed by atoms with E-state index in [1.54, 1.807) is 12.1 Å². The summed E-state index contributed by atoms with van der Waals surface area (Å²) in [7, 11) is 0. The van der Waals surface area contributed by atoms with Crippen LogP contribution in [0, 0.1) is 0 Å². The Morgan fingerprint density at radius 1 is 1.39 bits per heavy atom. The van der Waals surface area contributed by atoms with E-state index in [-0.39, 0.29) is 0 Å². The molecule has 0 radical (unpaired) electrons. The lowest BCUT2D eigenvalue weighted by Crippen LogP contribution is -2.25. The second-order valence-electron chi connectivity index (χ2n) is 4.32. The summed E-state index contributed by atoms with van der Waals surface area (Å²) in [5, 5.41) is 0.524. The highest BCUT2D eigenvalue weighted by Gasteiger charge is 2.13. The molecule has 1 fully saturated rings. The second kappa shape index (κ2) is 6.55. The molecule has 2 rings (SSSR count). The van der Waals surface area contributed by atoms with E-state index >= 15 is 0 Å². The lowest BCUT2D eigenvalue weighted by Gasteiger charge is -2.16. The largest absolute Gasteiger partial charge is 0.490 e. The van der Waals surface area contributed by atoms with Gasteiger partial charge in [-0.15, -0.1) is 0 Å². The predicted molar refractivity (Wildman–Crippen MR) is 75.7 cm³/mol. The highest BCUT2D eigenvalue weighted by molar-refractivity contribution is 9.10. The first-order valence-electron chi connectivity index (χ1n) is 6.00. The van der Waals surface area contributed by atoms with E-state index in [4.69, 9.17) is 16.3 Å². The molecule has 18 heavy (non-hydrogen) atoms. The summed E-state index contributed by atoms with van der Waals surface area (Å²) in [6, 6.07) is 3.35. The Hall–Kier alpha value is -0.580. The molecule has 98 valence electrons. The number of likely N-dealkylation sites (tertiary alicyclic amines) is 1. The fourth-order valence-electron chi connectivity index (χ4n) is 2.10. The first kappa shape index (κ1) is 13.8. The van der Waals surface area contributed by atoms with Crippen molar-refractivity contribution in [2.45, 2.75) is 12.8 Å². The van der Waals surface area contributed by atoms with Crippen LogP contribution < -0.4 is 4.74 Å². The Bertz CT molecular complexity index is 433. The van der Waals surface area contributed by atoms with Crippen LogP contribution in [0.1, 0.15) is 23.2 Å². The van der Waals surface area contributed by atoms with E-state index in [1.807, 2.05) is 0 Å². The SMILES string of the molecule is O=Cc1cc(Cl)cc(Br)c1OCCN1CCCC1. The molecular formula is C13H15BrClNO2. The van der Waals surface area contributed by atoms with Gasteiger partial charge in [0.05, 0.1) is 10.0 Å². The van der Waals surface area contributed by atoms with Crippen molar-refractivity contribution in [3.63, 3.8) is 0 Å². The molecule has 1 saturated heterocycles. The minimum Gasteiger partial charge on any atom is -0.490 e. The number of carbonyl (C=O) groups excluding carboxylic acids is 1. The maximum absolute atomic E-state index is 11.0. The van der Waals surface area contributed by atoms with Gasteiger partial charge in [-0.3, -0.25) is 9.69 Å². The zero-order valence-electron chi connectivity index (χ0n) is 9.99. The molecule has 1 aliphatic rings. The van der Waals surface area contributed by atoms with E-state index in [0.717, 1.165) is 30.4 Å². The predicted octanol–water partition coefficient (Wildman–Crippen LogP) is 3.39. The maximum atomic E-state index is 11.0. The molecule has 1 aliphatic heterocycles. The van der Waals surface area contributed by atoms with Crippen molar-refractivity contribution in [1.82, 2.24) is 4.90 Å². The number of ether oxygens (including phenoxy) is 1. The van der Waals surface area contributed by atoms with Crippen molar-refractivity contribution < 1.29 is 9.53 Å². The van der Waals surface area contributed by atoms with Crippen LogP contribution in [0.3, 0.4) is 0 Å². The van der Waals surface area contributed by atoms with E-state index in [9.17, 15) is 4.79 Å². The number of hydrogen-bond donors (Lipinski definition) is 0. The van der Waals surface area contributed by atoms with Gasteiger partial charge in [-0.1, -0.05) is 11.6 Å². The highest BCUT2D eigenvalue weighted by Crippen LogP contribution is 2.31. The molecular weight excluding hydrogens is 318 g/mol. The minimum absolute atomic E-state index is 0.482. The number of nitrogens with zero attached hydrogens (tertiary/aromatic N) is 1. The monoisotopic (exact) mass is 331 g/mol. The molecule has 0 N–H and O–H groups in total. The normalized spacial score (nSPS) is 15.9. The Morgan fingerprint density at radius 3 is 2.78 bits per heavy atom. The second-order valence-corrected chi connectivity index (χ2v) is 5.61. The Morgan fingerprint density at radius 2 is 2.11 bits per heavy atom. The topological polar surface area (TPSA) is 29.5 Å². The van der Waals surface area contributed by atoms with Crippen LogP contribution in [0.25, 0.3) is 0 Å². The first-order valence-corrected chi connectivity index (χ1v) is 7.17. The minimum atomic E-state index is 0.482. The zero-order chi connectivity index (χ0) is 13.0. The molecule has 0 bridgehead atoms. The molecule has 0 aliphatic carbocycles. The van der Waals surface area contributed by atoms with Crippen LogP contribution >= 0.6 is 27.5 Å². The smallest absolute Gasteiger partial charge is 0.153 e. The number of halogens is 2. The summed E-state index contributed by atoms with van der Waals surface area (Å²) in [5.74, 6) is 0.577. The first-order chi connectivity index (χ1) is 8.70. The molecule has 0 aromatic heterocycles. The lowest BCUT2D eigenvalue weighted by atomic mass is 10.2. The van der Waals surface area contributed by atoms with Gasteiger partial charge in [0.25, 0.3) is 0 Å². The fraction of sp³-hybridized carbons (Fsp3) is 0.462. The van der Waals surface area contributed by atoms with Gasteiger partial charge in [-0.2, -0.15) is 0 Å². The molecule has 0 atom stereocenters. The Labute approximate surface area is 120 Å². The molecule has 0 saturated carbocycles. The van der Waals surface area contributed by atoms with Gasteiger partial charge in [-0.05, 0) is 54.0 Å². The zero-order valence-corrected chi connectivity index (χ0v) is 12.3. The average molecular weight is 333 g/mol. The molecule has 0 spiro atoms. The van der Waals surface area contributed by atoms with E-state index < -0.39 is 0 Å². The van der Waals surface area contributed by atoms with Gasteiger partial charge in [0.2, 0.25) is 0 Å². The van der Waals surface area contributed by atoms with Crippen LogP contribution in [0.5, 0.6) is 5.75 Å². The van der Waals surface area contributed by atoms with Gasteiger partial charge in [-0.25, -0.2) is 0 Å². The van der Waals surface area contributed by atoms with Crippen molar-refractivity contribution in [2.75, 3.05) is 26.2 Å². The van der Waals surface area contributed by atoms with Gasteiger partial charge in [0.1, 0.15) is 12.4 Å². The number of hydrogen-bond acceptors (Lipinski definition) is 3. The standard InChI is InChI=1S/C13H15BrClNO2/c14-12-8-11(15)7-10(9-17)13(12)18-6-5-16-3-1-2-4-16/h7-9H,1-6H2. The molecule has 1 aromatic rings. The maximum Gasteiger partial charge on any atom is 0.153 e. The number of aldehydes is 1. The number of benzene rings is 1. The van der Waals surface area contributed by atoms with Gasteiger partial charge in [0, 0.05) is 11.6 Å². The number of rotatable bonds is 5. The van der Waals surface area contributed by atoms with Gasteiger partial charge < -0.3 is 4.74 Å². The summed E-state index contributed by atoms with van der Waals surface area (Å²) in [5.41, 5.74) is 0.482. The third kappa shape index (κ3) is 3.46. The third-order valence-electron chi connectivity index (χ3n) is 3.02. The summed E-state index contributed by atoms with van der Waals surface area (Å²) in [6.45, 7) is 3.77. The van der Waals surface area contributed by atoms with Crippen molar-refractivity contribution in [3.8, 4) is 5.75 Å². The Balaban J connectivity index is 1.97. The summed E-state index contributed by atoms with van der Waals surface area (Å²) in [4.78, 5) is 13.3. The average Bonchev–Trinajstić information content (AvgIpc) is 2.84. The summed E-state index contributed by atoms with van der Waals surface area (Å²) >= 11 is 9.26. The van der Waals surface area contributed by atoms with Crippen molar-refractivity contribution in [1.29, 1.82) is 0 Å². The van der Waals surface area contributed by atoms with E-state index in [2.05, 4.69) is 20.8 Å². The van der Waals surface area contributed by atoms with E-state index in [1.165, 1.54) is 12.8 Å². The van der Waals surface area contributed by atoms with Crippen LogP contribution in [-0.4, -0.2) is 37.4 Å². The van der Waals surface area contributed by atoms with Crippen LogP contribution in [0.4, 0.5) is 0 Å². The molecule has 3 nitrogen and oxygen atoms in total. The molecule has 0 amide bonds. The highest BCUT2D eigenvalue weighted by atomic mass is 79.9. The quantitative estimate of drug-likeness (QED) is 0.774. The van der Waals surface area contributed by atoms with Crippen molar-refractivity contribution in [3.05, 3.63) is 27.2 Å². The number of carbonyl (C=O) groups is 1. The Kier molecular flexibility index (Phi) is 5.03. The molecule has 5 heteroatoms. The molecule has 1 heterocycles. The van der Waals surface area contributed by atoms with Crippen LogP contribution in [-0.2, 0) is 0 Å². The van der Waals surface area contributed by atoms with Gasteiger partial charge >= 0.3 is 0 Å². The van der Waals surface area contributed by atoms with Crippen molar-refractivity contribution in [2.24, 2.45) is 0 Å². The van der Waals surface area contributed by atoms with Crippen LogP contribution in [0.2, 0.25) is 5.02 Å². The van der Waals surface area contributed by atoms with E-state index in [0.29, 0.717) is 22.9 Å². The molecule has 1 aromatic carbocycles. The fourth-order valence-corrected chi connectivity index (χ4v) is 3.05. The lowest BCUT2D eigenvalue weighted by molar-refractivity contribution is 0.111. The summed E-state index contributed by atoms with van der Waals surface area (Å²) in [6.07, 6.45) is 3.30. The van der Waals surface area contributed by atoms with Crippen LogP contribution in [0.15, 0.2) is 16.6 Å². The van der Waals surface area contributed by atoms with Crippen molar-refractivity contribution >= 4 is 33.8 Å².